The molecule has 0 aromatic heterocycles. The quantitative estimate of drug-likeness (QED) is 0.666. The van der Waals surface area contributed by atoms with E-state index in [0.717, 1.165) is 38.4 Å². The van der Waals surface area contributed by atoms with Crippen molar-refractivity contribution >= 4 is 11.4 Å². The summed E-state index contributed by atoms with van der Waals surface area (Å²) >= 11 is 0. The molecule has 3 unspecified atom stereocenters. The van der Waals surface area contributed by atoms with E-state index in [1.807, 2.05) is 4.90 Å². The summed E-state index contributed by atoms with van der Waals surface area (Å²) in [5, 5.41) is 11.1. The fourth-order valence-corrected chi connectivity index (χ4v) is 3.62. The van der Waals surface area contributed by atoms with Gasteiger partial charge in [0, 0.05) is 19.1 Å². The summed E-state index contributed by atoms with van der Waals surface area (Å²) in [6.45, 7) is 1.52. The molecule has 0 amide bonds. The van der Waals surface area contributed by atoms with Crippen LogP contribution in [0.15, 0.2) is 18.2 Å². The molecule has 1 aliphatic carbocycles. The molecule has 2 fully saturated rings. The van der Waals surface area contributed by atoms with E-state index in [1.165, 1.54) is 12.1 Å². The van der Waals surface area contributed by atoms with Crippen molar-refractivity contribution in [3.05, 3.63) is 34.1 Å². The van der Waals surface area contributed by atoms with Gasteiger partial charge in [-0.2, -0.15) is 0 Å². The molecule has 20 heavy (non-hydrogen) atoms. The topological polar surface area (TPSA) is 72.4 Å². The molecule has 2 aliphatic rings. The number of nitro benzene ring substituents is 1. The molecular weight excluding hydrogens is 261 g/mol. The predicted octanol–water partition coefficient (Wildman–Crippen LogP) is 2.30. The molecule has 108 valence electrons. The summed E-state index contributed by atoms with van der Waals surface area (Å²) in [5.74, 6) is 0.325. The largest absolute Gasteiger partial charge is 0.365 e. The van der Waals surface area contributed by atoms with Gasteiger partial charge < -0.3 is 10.6 Å². The van der Waals surface area contributed by atoms with Gasteiger partial charge in [0.1, 0.15) is 11.5 Å². The summed E-state index contributed by atoms with van der Waals surface area (Å²) in [6, 6.07) is 3.97. The molecule has 0 bridgehead atoms. The minimum atomic E-state index is -0.575. The Morgan fingerprint density at radius 3 is 2.85 bits per heavy atom. The van der Waals surface area contributed by atoms with E-state index < -0.39 is 10.7 Å². The van der Waals surface area contributed by atoms with Crippen LogP contribution in [0.5, 0.6) is 0 Å². The van der Waals surface area contributed by atoms with Gasteiger partial charge in [-0.05, 0) is 36.8 Å². The molecular formula is C14H18FN3O2. The molecule has 6 heteroatoms. The lowest BCUT2D eigenvalue weighted by Gasteiger charge is -2.29. The van der Waals surface area contributed by atoms with E-state index in [2.05, 4.69) is 0 Å². The number of benzene rings is 1. The van der Waals surface area contributed by atoms with Crippen LogP contribution < -0.4 is 10.6 Å². The number of hydrogen-bond donors (Lipinski definition) is 1. The molecule has 3 atom stereocenters. The molecule has 2 N–H and O–H groups in total. The van der Waals surface area contributed by atoms with Crippen LogP contribution >= 0.6 is 0 Å². The summed E-state index contributed by atoms with van der Waals surface area (Å²) < 4.78 is 13.2. The Morgan fingerprint density at radius 1 is 1.35 bits per heavy atom. The van der Waals surface area contributed by atoms with E-state index in [-0.39, 0.29) is 11.7 Å². The molecule has 1 aliphatic heterocycles. The van der Waals surface area contributed by atoms with Crippen molar-refractivity contribution in [2.45, 2.75) is 25.3 Å². The molecule has 1 aromatic rings. The van der Waals surface area contributed by atoms with Gasteiger partial charge in [0.05, 0.1) is 11.0 Å². The molecule has 3 rings (SSSR count). The fourth-order valence-electron chi connectivity index (χ4n) is 3.62. The lowest BCUT2D eigenvalue weighted by Crippen LogP contribution is -2.38. The highest BCUT2D eigenvalue weighted by Gasteiger charge is 2.40. The molecule has 5 nitrogen and oxygen atoms in total. The van der Waals surface area contributed by atoms with Crippen molar-refractivity contribution in [3.63, 3.8) is 0 Å². The van der Waals surface area contributed by atoms with Gasteiger partial charge in [0.2, 0.25) is 0 Å². The zero-order valence-corrected chi connectivity index (χ0v) is 11.2. The average molecular weight is 279 g/mol. The maximum Gasteiger partial charge on any atom is 0.295 e. The minimum Gasteiger partial charge on any atom is -0.365 e. The van der Waals surface area contributed by atoms with Crippen molar-refractivity contribution in [1.29, 1.82) is 0 Å². The van der Waals surface area contributed by atoms with Gasteiger partial charge >= 0.3 is 0 Å². The van der Waals surface area contributed by atoms with Gasteiger partial charge in [-0.15, -0.1) is 0 Å². The Morgan fingerprint density at radius 2 is 2.15 bits per heavy atom. The highest BCUT2D eigenvalue weighted by molar-refractivity contribution is 5.64. The Balaban J connectivity index is 1.89. The number of nitro groups is 1. The molecule has 1 saturated carbocycles. The van der Waals surface area contributed by atoms with E-state index >= 15 is 0 Å². The second-order valence-corrected chi connectivity index (χ2v) is 5.81. The molecule has 0 spiro atoms. The lowest BCUT2D eigenvalue weighted by molar-refractivity contribution is -0.384. The van der Waals surface area contributed by atoms with E-state index in [1.54, 1.807) is 0 Å². The first-order valence-corrected chi connectivity index (χ1v) is 7.00. The number of nitrogens with two attached hydrogens (primary N) is 1. The highest BCUT2D eigenvalue weighted by Crippen LogP contribution is 2.40. The Bertz CT molecular complexity index is 537. The zero-order chi connectivity index (χ0) is 14.3. The number of nitrogens with zero attached hydrogens (tertiary/aromatic N) is 2. The highest BCUT2D eigenvalue weighted by atomic mass is 19.1. The van der Waals surface area contributed by atoms with E-state index in [0.29, 0.717) is 17.5 Å². The summed E-state index contributed by atoms with van der Waals surface area (Å²) in [6.07, 6.45) is 3.28. The fraction of sp³-hybridized carbons (Fsp3) is 0.571. The molecule has 1 heterocycles. The van der Waals surface area contributed by atoms with Crippen LogP contribution in [0, 0.1) is 27.8 Å². The van der Waals surface area contributed by atoms with Crippen LogP contribution in [0.4, 0.5) is 15.8 Å². The van der Waals surface area contributed by atoms with Crippen molar-refractivity contribution in [2.24, 2.45) is 17.6 Å². The summed E-state index contributed by atoms with van der Waals surface area (Å²) in [5.41, 5.74) is 6.52. The van der Waals surface area contributed by atoms with Crippen molar-refractivity contribution < 1.29 is 9.31 Å². The molecule has 0 radical (unpaired) electrons. The van der Waals surface area contributed by atoms with E-state index in [4.69, 9.17) is 5.73 Å². The van der Waals surface area contributed by atoms with Gasteiger partial charge in [-0.3, -0.25) is 10.1 Å². The van der Waals surface area contributed by atoms with Gasteiger partial charge in [0.15, 0.2) is 0 Å². The monoisotopic (exact) mass is 279 g/mol. The number of halogens is 1. The number of fused-ring (bicyclic) bond motifs is 1. The van der Waals surface area contributed by atoms with Crippen LogP contribution in [-0.4, -0.2) is 24.1 Å². The predicted molar refractivity (Wildman–Crippen MR) is 74.1 cm³/mol. The first kappa shape index (κ1) is 13.3. The van der Waals surface area contributed by atoms with Crippen LogP contribution in [0.25, 0.3) is 0 Å². The van der Waals surface area contributed by atoms with Crippen LogP contribution in [0.1, 0.15) is 19.3 Å². The van der Waals surface area contributed by atoms with Crippen LogP contribution in [0.2, 0.25) is 0 Å². The number of anilines is 1. The van der Waals surface area contributed by atoms with Gasteiger partial charge in [-0.25, -0.2) is 4.39 Å². The Hall–Kier alpha value is -1.69. The Labute approximate surface area is 116 Å². The maximum atomic E-state index is 13.2. The number of hydrogen-bond acceptors (Lipinski definition) is 4. The summed E-state index contributed by atoms with van der Waals surface area (Å²) in [4.78, 5) is 12.6. The maximum absolute atomic E-state index is 13.2. The second-order valence-electron chi connectivity index (χ2n) is 5.81. The average Bonchev–Trinajstić information content (AvgIpc) is 2.84. The van der Waals surface area contributed by atoms with Crippen LogP contribution in [0.3, 0.4) is 0 Å². The SMILES string of the molecule is NC1CCCC2CN(c3ccc(F)cc3[N+](=O)[O-])CC12. The minimum absolute atomic E-state index is 0.155. The first-order valence-electron chi connectivity index (χ1n) is 7.00. The summed E-state index contributed by atoms with van der Waals surface area (Å²) in [7, 11) is 0. The smallest absolute Gasteiger partial charge is 0.295 e. The van der Waals surface area contributed by atoms with Gasteiger partial charge in [0.25, 0.3) is 5.69 Å². The zero-order valence-electron chi connectivity index (χ0n) is 11.2. The molecule has 1 saturated heterocycles. The third-order valence-electron chi connectivity index (χ3n) is 4.63. The third kappa shape index (κ3) is 2.24. The van der Waals surface area contributed by atoms with Crippen LogP contribution in [-0.2, 0) is 0 Å². The van der Waals surface area contributed by atoms with E-state index in [9.17, 15) is 14.5 Å². The van der Waals surface area contributed by atoms with Crippen molar-refractivity contribution in [1.82, 2.24) is 0 Å². The molecule has 1 aromatic carbocycles. The normalized spacial score (nSPS) is 29.3. The van der Waals surface area contributed by atoms with Gasteiger partial charge in [-0.1, -0.05) is 6.42 Å². The second kappa shape index (κ2) is 5.01. The Kier molecular flexibility index (Phi) is 3.33. The standard InChI is InChI=1S/C14H18FN3O2/c15-10-4-5-13(14(6-10)18(19)20)17-7-9-2-1-3-12(16)11(9)8-17/h4-6,9,11-12H,1-3,7-8,16H2. The van der Waals surface area contributed by atoms with Crippen molar-refractivity contribution in [2.75, 3.05) is 18.0 Å². The first-order chi connectivity index (χ1) is 9.56. The lowest BCUT2D eigenvalue weighted by atomic mass is 9.78. The number of rotatable bonds is 2. The third-order valence-corrected chi connectivity index (χ3v) is 4.63. The van der Waals surface area contributed by atoms with Crippen molar-refractivity contribution in [3.8, 4) is 0 Å².